The molecule has 0 atom stereocenters. The Balaban J connectivity index is 1.20. The maximum Gasteiger partial charge on any atom is 0.261 e. The minimum Gasteiger partial charge on any atom is -0.491 e. The number of alkyl halides is 1. The van der Waals surface area contributed by atoms with Gasteiger partial charge in [0.05, 0.1) is 29.4 Å². The zero-order valence-electron chi connectivity index (χ0n) is 21.3. The molecule has 2 saturated heterocycles. The summed E-state index contributed by atoms with van der Waals surface area (Å²) in [7, 11) is 0. The number of likely N-dealkylation sites (tertiary alicyclic amines) is 1. The van der Waals surface area contributed by atoms with E-state index in [4.69, 9.17) is 15.6 Å². The fourth-order valence-electron chi connectivity index (χ4n) is 5.10. The first-order chi connectivity index (χ1) is 18.5. The molecule has 11 heteroatoms. The van der Waals surface area contributed by atoms with Crippen molar-refractivity contribution in [2.45, 2.75) is 37.4 Å². The molecule has 1 amide bonds. The van der Waals surface area contributed by atoms with E-state index < -0.39 is 11.6 Å². The number of ether oxygens (including phenoxy) is 1. The van der Waals surface area contributed by atoms with Crippen molar-refractivity contribution in [1.29, 1.82) is 0 Å². The van der Waals surface area contributed by atoms with Gasteiger partial charge in [-0.15, -0.1) is 0 Å². The molecule has 200 valence electrons. The fraction of sp³-hybridized carbons (Fsp3) is 0.481. The van der Waals surface area contributed by atoms with Crippen LogP contribution in [0.25, 0.3) is 16.5 Å². The van der Waals surface area contributed by atoms with E-state index in [2.05, 4.69) is 25.5 Å². The molecule has 4 N–H and O–H groups in total. The third kappa shape index (κ3) is 5.34. The maximum atomic E-state index is 14.5. The van der Waals surface area contributed by atoms with Crippen LogP contribution >= 0.6 is 0 Å². The minimum absolute atomic E-state index is 0.175. The summed E-state index contributed by atoms with van der Waals surface area (Å²) in [5.74, 6) is 0.959. The van der Waals surface area contributed by atoms with Crippen molar-refractivity contribution in [2.24, 2.45) is 11.7 Å². The molecule has 6 rings (SSSR count). The van der Waals surface area contributed by atoms with Crippen molar-refractivity contribution in [3.63, 3.8) is 0 Å². The van der Waals surface area contributed by atoms with Crippen molar-refractivity contribution < 1.29 is 13.9 Å². The number of rotatable bonds is 9. The average molecular weight is 521 g/mol. The van der Waals surface area contributed by atoms with Gasteiger partial charge >= 0.3 is 0 Å². The van der Waals surface area contributed by atoms with Crippen molar-refractivity contribution in [1.82, 2.24) is 30.0 Å². The Kier molecular flexibility index (Phi) is 6.71. The van der Waals surface area contributed by atoms with Crippen LogP contribution in [-0.2, 0) is 4.79 Å². The van der Waals surface area contributed by atoms with Gasteiger partial charge in [0.2, 0.25) is 0 Å². The zero-order valence-corrected chi connectivity index (χ0v) is 21.3. The van der Waals surface area contributed by atoms with Gasteiger partial charge < -0.3 is 21.1 Å². The third-order valence-electron chi connectivity index (χ3n) is 7.58. The second-order valence-corrected chi connectivity index (χ2v) is 10.6. The molecule has 0 unspecified atom stereocenters. The SMILES string of the molecule is N/C=C(/C(=O)Nc1cc2cn(C3CCN(CC4(F)CNC4)CC3)nc2cc1OCC1CC1)c1ncccn1. The molecule has 1 aromatic carbocycles. The number of nitrogens with two attached hydrogens (primary N) is 1. The molecule has 1 aliphatic carbocycles. The van der Waals surface area contributed by atoms with E-state index in [9.17, 15) is 9.18 Å². The number of hydrogen-bond acceptors (Lipinski definition) is 8. The smallest absolute Gasteiger partial charge is 0.261 e. The van der Waals surface area contributed by atoms with Crippen LogP contribution < -0.4 is 21.1 Å². The normalized spacial score (nSPS) is 20.3. The summed E-state index contributed by atoms with van der Waals surface area (Å²) in [5, 5.41) is 11.7. The molecule has 1 saturated carbocycles. The van der Waals surface area contributed by atoms with E-state index in [1.54, 1.807) is 18.5 Å². The predicted molar refractivity (Wildman–Crippen MR) is 142 cm³/mol. The molecule has 4 heterocycles. The summed E-state index contributed by atoms with van der Waals surface area (Å²) < 4.78 is 22.7. The van der Waals surface area contributed by atoms with Crippen molar-refractivity contribution in [3.8, 4) is 5.75 Å². The molecule has 2 aliphatic heterocycles. The van der Waals surface area contributed by atoms with Crippen LogP contribution in [0, 0.1) is 5.92 Å². The number of benzene rings is 1. The summed E-state index contributed by atoms with van der Waals surface area (Å²) in [6, 6.07) is 5.70. The number of nitrogens with one attached hydrogen (secondary N) is 2. The van der Waals surface area contributed by atoms with Gasteiger partial charge in [-0.3, -0.25) is 14.4 Å². The number of carbonyl (C=O) groups excluding carboxylic acids is 1. The standard InChI is InChI=1S/C27H33FN8O2/c28-27(15-30-16-27)17-35-8-4-20(5-9-35)36-13-19-10-23(24(11-22(19)34-36)38-14-18-2-3-18)33-26(37)21(12-29)25-31-6-1-7-32-25/h1,6-7,10-13,18,20,30H,2-5,8-9,14-17,29H2,(H,33,37)/b21-12+. The number of nitrogens with zero attached hydrogens (tertiary/aromatic N) is 5. The number of halogens is 1. The first-order valence-electron chi connectivity index (χ1n) is 13.3. The van der Waals surface area contributed by atoms with Gasteiger partial charge in [0.15, 0.2) is 5.82 Å². The number of hydrogen-bond donors (Lipinski definition) is 3. The largest absolute Gasteiger partial charge is 0.491 e. The van der Waals surface area contributed by atoms with Gasteiger partial charge in [-0.1, -0.05) is 0 Å². The highest BCUT2D eigenvalue weighted by Crippen LogP contribution is 2.35. The van der Waals surface area contributed by atoms with Crippen LogP contribution in [0.1, 0.15) is 37.5 Å². The number of anilines is 1. The average Bonchev–Trinajstić information content (AvgIpc) is 3.65. The summed E-state index contributed by atoms with van der Waals surface area (Å²) >= 11 is 0. The number of fused-ring (bicyclic) bond motifs is 1. The Morgan fingerprint density at radius 2 is 1.97 bits per heavy atom. The monoisotopic (exact) mass is 520 g/mol. The summed E-state index contributed by atoms with van der Waals surface area (Å²) in [6.45, 7) is 3.68. The first-order valence-corrected chi connectivity index (χ1v) is 13.3. The van der Waals surface area contributed by atoms with Crippen LogP contribution in [-0.4, -0.2) is 75.6 Å². The lowest BCUT2D eigenvalue weighted by Crippen LogP contribution is -2.62. The molecule has 0 spiro atoms. The third-order valence-corrected chi connectivity index (χ3v) is 7.58. The molecule has 0 bridgehead atoms. The van der Waals surface area contributed by atoms with E-state index in [0.717, 1.165) is 49.7 Å². The number of carbonyl (C=O) groups is 1. The number of amides is 1. The van der Waals surface area contributed by atoms with Gasteiger partial charge in [-0.25, -0.2) is 14.4 Å². The predicted octanol–water partition coefficient (Wildman–Crippen LogP) is 2.50. The Labute approximate surface area is 220 Å². The van der Waals surface area contributed by atoms with Gasteiger partial charge in [0.1, 0.15) is 11.4 Å². The molecule has 10 nitrogen and oxygen atoms in total. The molecule has 3 aliphatic rings. The highest BCUT2D eigenvalue weighted by molar-refractivity contribution is 6.24. The first kappa shape index (κ1) is 24.7. The molecular formula is C27H33FN8O2. The van der Waals surface area contributed by atoms with Crippen molar-refractivity contribution in [3.05, 3.63) is 48.8 Å². The molecular weight excluding hydrogens is 487 g/mol. The van der Waals surface area contributed by atoms with Gasteiger partial charge in [-0.05, 0) is 43.7 Å². The molecule has 3 aromatic rings. The highest BCUT2D eigenvalue weighted by Gasteiger charge is 2.39. The minimum atomic E-state index is -1.09. The summed E-state index contributed by atoms with van der Waals surface area (Å²) in [4.78, 5) is 23.7. The van der Waals surface area contributed by atoms with Gasteiger partial charge in [0, 0.05) is 69.0 Å². The molecule has 2 aromatic heterocycles. The van der Waals surface area contributed by atoms with Crippen LogP contribution in [0.15, 0.2) is 43.0 Å². The van der Waals surface area contributed by atoms with Crippen molar-refractivity contribution in [2.75, 3.05) is 44.6 Å². The molecule has 3 fully saturated rings. The lowest BCUT2D eigenvalue weighted by atomic mass is 9.96. The summed E-state index contributed by atoms with van der Waals surface area (Å²) in [5.41, 5.74) is 6.21. The lowest BCUT2D eigenvalue weighted by molar-refractivity contribution is -0.111. The lowest BCUT2D eigenvalue weighted by Gasteiger charge is -2.41. The quantitative estimate of drug-likeness (QED) is 0.368. The Morgan fingerprint density at radius 3 is 2.63 bits per heavy atom. The Hall–Kier alpha value is -3.57. The molecule has 38 heavy (non-hydrogen) atoms. The van der Waals surface area contributed by atoms with Gasteiger partial charge in [-0.2, -0.15) is 5.10 Å². The fourth-order valence-corrected chi connectivity index (χ4v) is 5.10. The van der Waals surface area contributed by atoms with Gasteiger partial charge in [0.25, 0.3) is 5.91 Å². The second kappa shape index (κ2) is 10.3. The zero-order chi connectivity index (χ0) is 26.1. The Bertz CT molecular complexity index is 1330. The van der Waals surface area contributed by atoms with E-state index >= 15 is 0 Å². The van der Waals surface area contributed by atoms with Crippen LogP contribution in [0.4, 0.5) is 10.1 Å². The summed E-state index contributed by atoms with van der Waals surface area (Å²) in [6.07, 6.45) is 10.5. The van der Waals surface area contributed by atoms with E-state index in [0.29, 0.717) is 43.6 Å². The van der Waals surface area contributed by atoms with E-state index in [1.165, 1.54) is 6.20 Å². The second-order valence-electron chi connectivity index (χ2n) is 10.6. The molecule has 0 radical (unpaired) electrons. The Morgan fingerprint density at radius 1 is 1.21 bits per heavy atom. The van der Waals surface area contributed by atoms with E-state index in [-0.39, 0.29) is 17.4 Å². The number of aromatic nitrogens is 4. The maximum absolute atomic E-state index is 14.5. The topological polar surface area (TPSA) is 123 Å². The highest BCUT2D eigenvalue weighted by atomic mass is 19.1. The van der Waals surface area contributed by atoms with Crippen LogP contribution in [0.5, 0.6) is 5.75 Å². The number of piperidine rings is 1. The van der Waals surface area contributed by atoms with Crippen LogP contribution in [0.2, 0.25) is 0 Å². The van der Waals surface area contributed by atoms with Crippen LogP contribution in [0.3, 0.4) is 0 Å². The van der Waals surface area contributed by atoms with Crippen molar-refractivity contribution >= 4 is 28.1 Å². The van der Waals surface area contributed by atoms with E-state index in [1.807, 2.05) is 23.0 Å².